The van der Waals surface area contributed by atoms with Crippen molar-refractivity contribution in [3.05, 3.63) is 88.9 Å². The Kier molecular flexibility index (Phi) is 7.28. The molecule has 0 aliphatic carbocycles. The van der Waals surface area contributed by atoms with Crippen molar-refractivity contribution >= 4 is 50.9 Å². The highest BCUT2D eigenvalue weighted by Gasteiger charge is 2.07. The summed E-state index contributed by atoms with van der Waals surface area (Å²) in [6.45, 7) is 0. The van der Waals surface area contributed by atoms with E-state index >= 15 is 0 Å². The molecular formula is C22H19BrN2O2S. The molecule has 0 bridgehead atoms. The molecule has 0 radical (unpaired) electrons. The Labute approximate surface area is 176 Å². The fraction of sp³-hybridized carbons (Fsp3) is 0.0909. The maximum Gasteiger partial charge on any atom is 0.234 e. The van der Waals surface area contributed by atoms with Crippen molar-refractivity contribution in [3.8, 4) is 0 Å². The van der Waals surface area contributed by atoms with Gasteiger partial charge in [-0.15, -0.1) is 11.8 Å². The number of thioether (sulfide) groups is 1. The van der Waals surface area contributed by atoms with Gasteiger partial charge in [0.25, 0.3) is 0 Å². The van der Waals surface area contributed by atoms with Crippen LogP contribution in [0.1, 0.15) is 5.56 Å². The van der Waals surface area contributed by atoms with Crippen LogP contribution in [0, 0.1) is 0 Å². The van der Waals surface area contributed by atoms with E-state index in [2.05, 4.69) is 26.6 Å². The van der Waals surface area contributed by atoms with E-state index in [1.807, 2.05) is 78.9 Å². The highest BCUT2D eigenvalue weighted by molar-refractivity contribution is 9.10. The van der Waals surface area contributed by atoms with Crippen LogP contribution in [0.25, 0.3) is 0 Å². The third kappa shape index (κ3) is 6.55. The Bertz CT molecular complexity index is 946. The van der Waals surface area contributed by atoms with E-state index in [1.54, 1.807) is 0 Å². The first-order valence-electron chi connectivity index (χ1n) is 8.70. The van der Waals surface area contributed by atoms with E-state index in [9.17, 15) is 9.59 Å². The van der Waals surface area contributed by atoms with E-state index in [0.29, 0.717) is 6.42 Å². The molecule has 0 atom stereocenters. The van der Waals surface area contributed by atoms with Crippen molar-refractivity contribution in [1.82, 2.24) is 0 Å². The number of carbonyl (C=O) groups excluding carboxylic acids is 2. The van der Waals surface area contributed by atoms with Gasteiger partial charge in [-0.2, -0.15) is 0 Å². The normalized spacial score (nSPS) is 10.3. The average Bonchev–Trinajstić information content (AvgIpc) is 2.69. The number of hydrogen-bond donors (Lipinski definition) is 2. The van der Waals surface area contributed by atoms with Gasteiger partial charge in [-0.1, -0.05) is 52.3 Å². The first-order valence-corrected chi connectivity index (χ1v) is 10.5. The molecule has 6 heteroatoms. The fourth-order valence-electron chi connectivity index (χ4n) is 2.53. The molecule has 0 aromatic heterocycles. The van der Waals surface area contributed by atoms with Gasteiger partial charge < -0.3 is 10.6 Å². The smallest absolute Gasteiger partial charge is 0.234 e. The summed E-state index contributed by atoms with van der Waals surface area (Å²) in [4.78, 5) is 25.2. The lowest BCUT2D eigenvalue weighted by molar-refractivity contribution is -0.115. The van der Waals surface area contributed by atoms with Crippen molar-refractivity contribution in [2.45, 2.75) is 11.3 Å². The molecule has 142 valence electrons. The van der Waals surface area contributed by atoms with Gasteiger partial charge in [-0.3, -0.25) is 9.59 Å². The van der Waals surface area contributed by atoms with Crippen LogP contribution >= 0.6 is 27.7 Å². The minimum absolute atomic E-state index is 0.0682. The SMILES string of the molecule is O=C(CSc1cccc(NC(=O)Cc2ccccc2)c1)Nc1ccc(Br)cc1. The summed E-state index contributed by atoms with van der Waals surface area (Å²) >= 11 is 4.79. The van der Waals surface area contributed by atoms with Gasteiger partial charge in [-0.05, 0) is 48.0 Å². The average molecular weight is 455 g/mol. The van der Waals surface area contributed by atoms with E-state index in [0.717, 1.165) is 26.3 Å². The number of halogens is 1. The molecule has 0 aliphatic rings. The molecule has 3 aromatic carbocycles. The van der Waals surface area contributed by atoms with Crippen molar-refractivity contribution in [2.24, 2.45) is 0 Å². The van der Waals surface area contributed by atoms with Crippen LogP contribution in [0.2, 0.25) is 0 Å². The summed E-state index contributed by atoms with van der Waals surface area (Å²) in [6, 6.07) is 24.6. The highest BCUT2D eigenvalue weighted by Crippen LogP contribution is 2.22. The van der Waals surface area contributed by atoms with Crippen LogP contribution in [0.4, 0.5) is 11.4 Å². The van der Waals surface area contributed by atoms with Crippen molar-refractivity contribution in [1.29, 1.82) is 0 Å². The molecule has 0 saturated carbocycles. The molecule has 4 nitrogen and oxygen atoms in total. The molecule has 0 aliphatic heterocycles. The molecule has 3 rings (SSSR count). The van der Waals surface area contributed by atoms with Crippen LogP contribution < -0.4 is 10.6 Å². The number of nitrogens with one attached hydrogen (secondary N) is 2. The molecule has 2 N–H and O–H groups in total. The number of benzene rings is 3. The minimum Gasteiger partial charge on any atom is -0.326 e. The largest absolute Gasteiger partial charge is 0.326 e. The van der Waals surface area contributed by atoms with Crippen molar-refractivity contribution < 1.29 is 9.59 Å². The van der Waals surface area contributed by atoms with E-state index in [4.69, 9.17) is 0 Å². The second-order valence-electron chi connectivity index (χ2n) is 6.08. The Morgan fingerprint density at radius 3 is 2.25 bits per heavy atom. The number of anilines is 2. The number of hydrogen-bond acceptors (Lipinski definition) is 3. The van der Waals surface area contributed by atoms with Crippen LogP contribution in [-0.2, 0) is 16.0 Å². The molecule has 2 amide bonds. The highest BCUT2D eigenvalue weighted by atomic mass is 79.9. The van der Waals surface area contributed by atoms with Gasteiger partial charge in [0, 0.05) is 20.7 Å². The van der Waals surface area contributed by atoms with Crippen LogP contribution in [0.5, 0.6) is 0 Å². The van der Waals surface area contributed by atoms with E-state index < -0.39 is 0 Å². The Hall–Kier alpha value is -2.57. The van der Waals surface area contributed by atoms with Crippen molar-refractivity contribution in [2.75, 3.05) is 16.4 Å². The maximum absolute atomic E-state index is 12.2. The molecule has 28 heavy (non-hydrogen) atoms. The summed E-state index contributed by atoms with van der Waals surface area (Å²) in [6.07, 6.45) is 0.327. The predicted octanol–water partition coefficient (Wildman–Crippen LogP) is 5.36. The number of rotatable bonds is 7. The summed E-state index contributed by atoms with van der Waals surface area (Å²) in [5, 5.41) is 5.77. The second-order valence-corrected chi connectivity index (χ2v) is 8.05. The topological polar surface area (TPSA) is 58.2 Å². The summed E-state index contributed by atoms with van der Waals surface area (Å²) in [5.74, 6) is 0.143. The standard InChI is InChI=1S/C22H19BrN2O2S/c23-17-9-11-18(12-10-17)24-22(27)15-28-20-8-4-7-19(14-20)25-21(26)13-16-5-2-1-3-6-16/h1-12,14H,13,15H2,(H,24,27)(H,25,26). The lowest BCUT2D eigenvalue weighted by Gasteiger charge is -2.08. The maximum atomic E-state index is 12.2. The van der Waals surface area contributed by atoms with Gasteiger partial charge in [0.15, 0.2) is 0 Å². The molecule has 0 unspecified atom stereocenters. The Morgan fingerprint density at radius 1 is 0.786 bits per heavy atom. The zero-order valence-corrected chi connectivity index (χ0v) is 17.4. The van der Waals surface area contributed by atoms with E-state index in [-0.39, 0.29) is 17.6 Å². The summed E-state index contributed by atoms with van der Waals surface area (Å²) in [7, 11) is 0. The summed E-state index contributed by atoms with van der Waals surface area (Å²) < 4.78 is 0.964. The number of carbonyl (C=O) groups is 2. The minimum atomic E-state index is -0.0779. The molecule has 0 spiro atoms. The molecular weight excluding hydrogens is 436 g/mol. The third-order valence-electron chi connectivity index (χ3n) is 3.82. The monoisotopic (exact) mass is 454 g/mol. The Balaban J connectivity index is 1.50. The van der Waals surface area contributed by atoms with Gasteiger partial charge in [0.1, 0.15) is 0 Å². The number of amides is 2. The molecule has 0 saturated heterocycles. The van der Waals surface area contributed by atoms with Gasteiger partial charge in [0.2, 0.25) is 11.8 Å². The van der Waals surface area contributed by atoms with Crippen molar-refractivity contribution in [3.63, 3.8) is 0 Å². The predicted molar refractivity (Wildman–Crippen MR) is 119 cm³/mol. The lowest BCUT2D eigenvalue weighted by atomic mass is 10.1. The van der Waals surface area contributed by atoms with Crippen LogP contribution in [-0.4, -0.2) is 17.6 Å². The zero-order chi connectivity index (χ0) is 19.8. The first kappa shape index (κ1) is 20.2. The first-order chi connectivity index (χ1) is 13.6. The molecule has 3 aromatic rings. The summed E-state index contributed by atoms with van der Waals surface area (Å²) in [5.41, 5.74) is 2.45. The van der Waals surface area contributed by atoms with Crippen LogP contribution in [0.3, 0.4) is 0 Å². The lowest BCUT2D eigenvalue weighted by Crippen LogP contribution is -2.14. The van der Waals surface area contributed by atoms with Crippen LogP contribution in [0.15, 0.2) is 88.2 Å². The van der Waals surface area contributed by atoms with E-state index in [1.165, 1.54) is 11.8 Å². The van der Waals surface area contributed by atoms with Gasteiger partial charge in [0.05, 0.1) is 12.2 Å². The third-order valence-corrected chi connectivity index (χ3v) is 5.35. The van der Waals surface area contributed by atoms with Gasteiger partial charge >= 0.3 is 0 Å². The zero-order valence-electron chi connectivity index (χ0n) is 15.0. The molecule has 0 heterocycles. The van der Waals surface area contributed by atoms with Gasteiger partial charge in [-0.25, -0.2) is 0 Å². The fourth-order valence-corrected chi connectivity index (χ4v) is 3.55. The molecule has 0 fully saturated rings. The quantitative estimate of drug-likeness (QED) is 0.472. The second kappa shape index (κ2) is 10.1. The Morgan fingerprint density at radius 2 is 1.50 bits per heavy atom.